The maximum atomic E-state index is 10.7. The van der Waals surface area contributed by atoms with Crippen molar-refractivity contribution in [2.24, 2.45) is 5.41 Å². The molecule has 1 aromatic carbocycles. The van der Waals surface area contributed by atoms with E-state index >= 15 is 0 Å². The Morgan fingerprint density at radius 2 is 2.25 bits per heavy atom. The zero-order chi connectivity index (χ0) is 14.9. The maximum absolute atomic E-state index is 10.7. The third kappa shape index (κ3) is 2.74. The highest BCUT2D eigenvalue weighted by molar-refractivity contribution is 6.32. The molecular formula is C14H19ClN2O3. The Kier molecular flexibility index (Phi) is 4.20. The van der Waals surface area contributed by atoms with Gasteiger partial charge in [-0.15, -0.1) is 0 Å². The van der Waals surface area contributed by atoms with Crippen LogP contribution < -0.4 is 10.1 Å². The van der Waals surface area contributed by atoms with Crippen molar-refractivity contribution in [3.05, 3.63) is 33.3 Å². The Morgan fingerprint density at radius 3 is 2.75 bits per heavy atom. The first-order valence-electron chi connectivity index (χ1n) is 6.70. The summed E-state index contributed by atoms with van der Waals surface area (Å²) in [5.41, 5.74) is -0.0676. The summed E-state index contributed by atoms with van der Waals surface area (Å²) in [6, 6.07) is 4.92. The molecule has 20 heavy (non-hydrogen) atoms. The van der Waals surface area contributed by atoms with Crippen LogP contribution in [0.2, 0.25) is 5.02 Å². The highest BCUT2D eigenvalue weighted by Crippen LogP contribution is 2.43. The number of nitro groups is 1. The van der Waals surface area contributed by atoms with E-state index in [4.69, 9.17) is 16.3 Å². The van der Waals surface area contributed by atoms with E-state index < -0.39 is 4.92 Å². The molecule has 2 unspecified atom stereocenters. The number of ether oxygens (including phenoxy) is 1. The number of nitrogens with one attached hydrogen (secondary N) is 1. The summed E-state index contributed by atoms with van der Waals surface area (Å²) in [7, 11) is 0. The van der Waals surface area contributed by atoms with Crippen LogP contribution in [0.15, 0.2) is 18.2 Å². The lowest BCUT2D eigenvalue weighted by atomic mass is 9.64. The lowest BCUT2D eigenvalue weighted by molar-refractivity contribution is -0.384. The van der Waals surface area contributed by atoms with E-state index in [1.807, 2.05) is 0 Å². The number of halogens is 1. The van der Waals surface area contributed by atoms with Gasteiger partial charge in [0, 0.05) is 30.0 Å². The van der Waals surface area contributed by atoms with Gasteiger partial charge in [-0.2, -0.15) is 0 Å². The van der Waals surface area contributed by atoms with Gasteiger partial charge in [0.15, 0.2) is 0 Å². The second-order valence-corrected chi connectivity index (χ2v) is 6.05. The molecule has 0 bridgehead atoms. The maximum Gasteiger partial charge on any atom is 0.288 e. The first-order chi connectivity index (χ1) is 9.36. The van der Waals surface area contributed by atoms with Crippen LogP contribution in [0, 0.1) is 15.5 Å². The fourth-order valence-electron chi connectivity index (χ4n) is 2.55. The van der Waals surface area contributed by atoms with E-state index in [2.05, 4.69) is 26.1 Å². The van der Waals surface area contributed by atoms with Gasteiger partial charge in [0.2, 0.25) is 0 Å². The molecule has 1 fully saturated rings. The van der Waals surface area contributed by atoms with Gasteiger partial charge in [0.1, 0.15) is 16.9 Å². The lowest BCUT2D eigenvalue weighted by Crippen LogP contribution is -2.62. The highest BCUT2D eigenvalue weighted by Gasteiger charge is 2.49. The molecule has 5 nitrogen and oxygen atoms in total. The van der Waals surface area contributed by atoms with E-state index in [0.29, 0.717) is 11.8 Å². The first kappa shape index (κ1) is 15.1. The smallest absolute Gasteiger partial charge is 0.288 e. The fourth-order valence-corrected chi connectivity index (χ4v) is 2.79. The minimum atomic E-state index is -0.499. The van der Waals surface area contributed by atoms with Crippen molar-refractivity contribution < 1.29 is 9.66 Å². The molecule has 0 aromatic heterocycles. The van der Waals surface area contributed by atoms with Crippen molar-refractivity contribution in [3.8, 4) is 5.75 Å². The predicted octanol–water partition coefficient (Wildman–Crippen LogP) is 3.40. The molecule has 0 spiro atoms. The largest absolute Gasteiger partial charge is 0.490 e. The summed E-state index contributed by atoms with van der Waals surface area (Å²) in [5.74, 6) is 0.577. The van der Waals surface area contributed by atoms with E-state index in [1.165, 1.54) is 12.1 Å². The summed E-state index contributed by atoms with van der Waals surface area (Å²) >= 11 is 5.88. The van der Waals surface area contributed by atoms with Gasteiger partial charge >= 0.3 is 0 Å². The molecule has 1 saturated carbocycles. The summed E-state index contributed by atoms with van der Waals surface area (Å²) in [4.78, 5) is 10.2. The molecule has 0 radical (unpaired) electrons. The van der Waals surface area contributed by atoms with E-state index in [9.17, 15) is 10.1 Å². The number of hydrogen-bond acceptors (Lipinski definition) is 4. The predicted molar refractivity (Wildman–Crippen MR) is 78.4 cm³/mol. The minimum absolute atomic E-state index is 0.0320. The van der Waals surface area contributed by atoms with Crippen LogP contribution in [0.1, 0.15) is 27.2 Å². The first-order valence-corrected chi connectivity index (χ1v) is 7.08. The van der Waals surface area contributed by atoms with Crippen molar-refractivity contribution in [1.29, 1.82) is 0 Å². The van der Waals surface area contributed by atoms with Gasteiger partial charge in [-0.3, -0.25) is 10.1 Å². The van der Waals surface area contributed by atoms with Crippen molar-refractivity contribution in [3.63, 3.8) is 0 Å². The zero-order valence-corrected chi connectivity index (χ0v) is 12.6. The van der Waals surface area contributed by atoms with Crippen LogP contribution in [0.25, 0.3) is 0 Å². The van der Waals surface area contributed by atoms with E-state index in [0.717, 1.165) is 13.0 Å². The van der Waals surface area contributed by atoms with Crippen molar-refractivity contribution in [2.75, 3.05) is 6.54 Å². The number of rotatable bonds is 5. The van der Waals surface area contributed by atoms with Crippen LogP contribution in [-0.4, -0.2) is 23.6 Å². The van der Waals surface area contributed by atoms with Gasteiger partial charge in [-0.25, -0.2) is 0 Å². The van der Waals surface area contributed by atoms with Gasteiger partial charge in [0.05, 0.1) is 4.92 Å². The molecule has 0 aliphatic heterocycles. The summed E-state index contributed by atoms with van der Waals surface area (Å²) in [6.07, 6.45) is 1.01. The Bertz CT molecular complexity index is 519. The van der Waals surface area contributed by atoms with Crippen LogP contribution in [-0.2, 0) is 0 Å². The van der Waals surface area contributed by atoms with Gasteiger partial charge in [-0.1, -0.05) is 32.4 Å². The average Bonchev–Trinajstić information content (AvgIpc) is 2.37. The normalized spacial score (nSPS) is 24.0. The number of nitrogens with zero attached hydrogens (tertiary/aromatic N) is 1. The molecular weight excluding hydrogens is 280 g/mol. The van der Waals surface area contributed by atoms with Crippen LogP contribution in [0.4, 0.5) is 5.69 Å². The van der Waals surface area contributed by atoms with E-state index in [1.54, 1.807) is 6.07 Å². The Balaban J connectivity index is 2.05. The topological polar surface area (TPSA) is 64.4 Å². The van der Waals surface area contributed by atoms with Crippen LogP contribution >= 0.6 is 11.6 Å². The molecule has 0 amide bonds. The summed E-state index contributed by atoms with van der Waals surface area (Å²) in [5, 5.41) is 14.2. The molecule has 1 aromatic rings. The molecule has 1 aliphatic carbocycles. The van der Waals surface area contributed by atoms with E-state index in [-0.39, 0.29) is 22.2 Å². The molecule has 2 atom stereocenters. The zero-order valence-electron chi connectivity index (χ0n) is 11.9. The summed E-state index contributed by atoms with van der Waals surface area (Å²) in [6.45, 7) is 7.33. The van der Waals surface area contributed by atoms with Crippen molar-refractivity contribution >= 4 is 17.3 Å². The molecule has 110 valence electrons. The van der Waals surface area contributed by atoms with Crippen LogP contribution in [0.3, 0.4) is 0 Å². The second-order valence-electron chi connectivity index (χ2n) is 5.64. The van der Waals surface area contributed by atoms with Gasteiger partial charge in [-0.05, 0) is 12.6 Å². The average molecular weight is 299 g/mol. The number of hydrogen-bond donors (Lipinski definition) is 1. The standard InChI is InChI=1S/C14H19ClN2O3/c1-4-16-12-8-13(14(12,2)3)20-9-5-6-11(17(18)19)10(15)7-9/h5-7,12-13,16H,4,8H2,1-3H3. The molecule has 1 N–H and O–H groups in total. The van der Waals surface area contributed by atoms with Crippen molar-refractivity contribution in [1.82, 2.24) is 5.32 Å². The molecule has 6 heteroatoms. The molecule has 0 heterocycles. The monoisotopic (exact) mass is 298 g/mol. The molecule has 1 aliphatic rings. The lowest BCUT2D eigenvalue weighted by Gasteiger charge is -2.51. The van der Waals surface area contributed by atoms with Gasteiger partial charge in [0.25, 0.3) is 5.69 Å². The Labute approximate surface area is 123 Å². The quantitative estimate of drug-likeness (QED) is 0.668. The van der Waals surface area contributed by atoms with Crippen molar-refractivity contribution in [2.45, 2.75) is 39.3 Å². The number of benzene rings is 1. The molecule has 0 saturated heterocycles. The Morgan fingerprint density at radius 1 is 1.55 bits per heavy atom. The third-order valence-electron chi connectivity index (χ3n) is 4.02. The van der Waals surface area contributed by atoms with Crippen LogP contribution in [0.5, 0.6) is 5.75 Å². The minimum Gasteiger partial charge on any atom is -0.490 e. The third-order valence-corrected chi connectivity index (χ3v) is 4.33. The summed E-state index contributed by atoms with van der Waals surface area (Å²) < 4.78 is 5.91. The fraction of sp³-hybridized carbons (Fsp3) is 0.571. The van der Waals surface area contributed by atoms with Gasteiger partial charge < -0.3 is 10.1 Å². The molecule has 2 rings (SSSR count). The Hall–Kier alpha value is -1.33. The highest BCUT2D eigenvalue weighted by atomic mass is 35.5. The second kappa shape index (κ2) is 5.58. The SMILES string of the molecule is CCNC1CC(Oc2ccc([N+](=O)[O-])c(Cl)c2)C1(C)C. The number of nitro benzene ring substituents is 1.